The van der Waals surface area contributed by atoms with Crippen LogP contribution in [0.15, 0.2) is 58.3 Å². The summed E-state index contributed by atoms with van der Waals surface area (Å²) < 4.78 is 0. The predicted molar refractivity (Wildman–Crippen MR) is 90.7 cm³/mol. The smallest absolute Gasteiger partial charge is 0.0447 e. The molecule has 0 saturated carbocycles. The summed E-state index contributed by atoms with van der Waals surface area (Å²) in [4.78, 5) is 2.53. The van der Waals surface area contributed by atoms with Crippen LogP contribution in [0.2, 0.25) is 0 Å². The molecule has 0 aliphatic carbocycles. The molecule has 0 bridgehead atoms. The van der Waals surface area contributed by atoms with E-state index in [2.05, 4.69) is 24.3 Å². The van der Waals surface area contributed by atoms with Crippen molar-refractivity contribution in [1.29, 1.82) is 0 Å². The van der Waals surface area contributed by atoms with Crippen molar-refractivity contribution >= 4 is 46.7 Å². The van der Waals surface area contributed by atoms with E-state index in [1.807, 2.05) is 59.6 Å². The number of rotatable bonds is 6. The predicted octanol–water partition coefficient (Wildman–Crippen LogP) is 4.38. The molecule has 0 unspecified atom stereocenters. The normalized spacial score (nSPS) is 10.5. The van der Waals surface area contributed by atoms with E-state index in [1.165, 1.54) is 9.79 Å². The zero-order chi connectivity index (χ0) is 13.5. The molecule has 4 N–H and O–H groups in total. The molecule has 2 aromatic rings. The zero-order valence-electron chi connectivity index (χ0n) is 10.4. The Morgan fingerprint density at radius 2 is 1.00 bits per heavy atom. The van der Waals surface area contributed by atoms with Gasteiger partial charge >= 0.3 is 0 Å². The van der Waals surface area contributed by atoms with Gasteiger partial charge < -0.3 is 11.5 Å². The van der Waals surface area contributed by atoms with E-state index in [4.69, 9.17) is 11.5 Å². The first kappa shape index (κ1) is 14.5. The molecule has 0 saturated heterocycles. The van der Waals surface area contributed by atoms with Gasteiger partial charge in [-0.1, -0.05) is 0 Å². The van der Waals surface area contributed by atoms with Crippen LogP contribution in [0.25, 0.3) is 0 Å². The van der Waals surface area contributed by atoms with E-state index in [0.717, 1.165) is 21.5 Å². The van der Waals surface area contributed by atoms with Crippen LogP contribution < -0.4 is 11.5 Å². The van der Waals surface area contributed by atoms with Gasteiger partial charge in [0.25, 0.3) is 0 Å². The zero-order valence-corrected chi connectivity index (χ0v) is 12.9. The fourth-order valence-corrected chi connectivity index (χ4v) is 4.68. The van der Waals surface area contributed by atoms with Crippen molar-refractivity contribution in [3.05, 3.63) is 48.5 Å². The Morgan fingerprint density at radius 3 is 1.37 bits per heavy atom. The standard InChI is InChI=1S/C14H16N2S3/c15-11-1-5-13(6-2-11)18-9-17-10-19-14-7-3-12(16)4-8-14/h1-8H,9-10,15-16H2. The Hall–Kier alpha value is -0.910. The summed E-state index contributed by atoms with van der Waals surface area (Å²) in [5.41, 5.74) is 12.9. The van der Waals surface area contributed by atoms with Crippen LogP contribution >= 0.6 is 35.3 Å². The summed E-state index contributed by atoms with van der Waals surface area (Å²) in [6.07, 6.45) is 0. The lowest BCUT2D eigenvalue weighted by molar-refractivity contribution is 1.47. The monoisotopic (exact) mass is 308 g/mol. The molecule has 2 nitrogen and oxygen atoms in total. The summed E-state index contributed by atoms with van der Waals surface area (Å²) in [6.45, 7) is 0. The van der Waals surface area contributed by atoms with E-state index in [9.17, 15) is 0 Å². The second-order valence-corrected chi connectivity index (χ2v) is 7.68. The lowest BCUT2D eigenvalue weighted by atomic mass is 10.3. The SMILES string of the molecule is Nc1ccc(SCSCSc2ccc(N)cc2)cc1. The number of anilines is 2. The van der Waals surface area contributed by atoms with Crippen molar-refractivity contribution in [1.82, 2.24) is 0 Å². The summed E-state index contributed by atoms with van der Waals surface area (Å²) in [5.74, 6) is 0. The number of benzene rings is 2. The lowest BCUT2D eigenvalue weighted by Crippen LogP contribution is -1.83. The number of hydrogen-bond acceptors (Lipinski definition) is 5. The summed E-state index contributed by atoms with van der Waals surface area (Å²) in [7, 11) is 0. The van der Waals surface area contributed by atoms with Gasteiger partial charge in [0.05, 0.1) is 0 Å². The van der Waals surface area contributed by atoms with Crippen molar-refractivity contribution in [2.24, 2.45) is 0 Å². The minimum Gasteiger partial charge on any atom is -0.399 e. The van der Waals surface area contributed by atoms with E-state index in [0.29, 0.717) is 0 Å². The van der Waals surface area contributed by atoms with Gasteiger partial charge in [0.2, 0.25) is 0 Å². The van der Waals surface area contributed by atoms with E-state index in [1.54, 1.807) is 0 Å². The first-order valence-electron chi connectivity index (χ1n) is 5.78. The quantitative estimate of drug-likeness (QED) is 0.359. The van der Waals surface area contributed by atoms with Crippen molar-refractivity contribution in [2.75, 3.05) is 21.6 Å². The molecule has 0 fully saturated rings. The molecular formula is C14H16N2S3. The highest BCUT2D eigenvalue weighted by molar-refractivity contribution is 8.22. The van der Waals surface area contributed by atoms with Crippen molar-refractivity contribution in [3.8, 4) is 0 Å². The molecule has 0 amide bonds. The molecule has 0 heterocycles. The minimum atomic E-state index is 0.816. The molecule has 2 rings (SSSR count). The van der Waals surface area contributed by atoms with Crippen LogP contribution in [0.1, 0.15) is 0 Å². The Morgan fingerprint density at radius 1 is 0.632 bits per heavy atom. The van der Waals surface area contributed by atoms with Crippen molar-refractivity contribution < 1.29 is 0 Å². The highest BCUT2D eigenvalue weighted by atomic mass is 32.2. The molecule has 0 aliphatic heterocycles. The fourth-order valence-electron chi connectivity index (χ4n) is 1.38. The average molecular weight is 308 g/mol. The summed E-state index contributed by atoms with van der Waals surface area (Å²) >= 11 is 5.60. The van der Waals surface area contributed by atoms with E-state index in [-0.39, 0.29) is 0 Å². The third-order valence-electron chi connectivity index (χ3n) is 2.38. The number of hydrogen-bond donors (Lipinski definition) is 2. The lowest BCUT2D eigenvalue weighted by Gasteiger charge is -2.03. The first-order valence-corrected chi connectivity index (χ1v) is 8.91. The van der Waals surface area contributed by atoms with Gasteiger partial charge in [0.1, 0.15) is 0 Å². The van der Waals surface area contributed by atoms with Crippen LogP contribution in [-0.4, -0.2) is 10.2 Å². The van der Waals surface area contributed by atoms with Gasteiger partial charge in [0, 0.05) is 31.3 Å². The molecule has 0 aliphatic rings. The Balaban J connectivity index is 1.64. The molecule has 19 heavy (non-hydrogen) atoms. The third-order valence-corrected chi connectivity index (χ3v) is 5.87. The van der Waals surface area contributed by atoms with Crippen molar-refractivity contribution in [2.45, 2.75) is 9.79 Å². The molecule has 2 aromatic carbocycles. The minimum absolute atomic E-state index is 0.816. The Bertz CT molecular complexity index is 450. The number of nitrogen functional groups attached to an aromatic ring is 2. The van der Waals surface area contributed by atoms with Crippen LogP contribution in [-0.2, 0) is 0 Å². The van der Waals surface area contributed by atoms with Gasteiger partial charge in [-0.2, -0.15) is 0 Å². The number of nitrogens with two attached hydrogens (primary N) is 2. The molecule has 0 radical (unpaired) electrons. The molecular weight excluding hydrogens is 292 g/mol. The average Bonchev–Trinajstić information content (AvgIpc) is 2.43. The highest BCUT2D eigenvalue weighted by Gasteiger charge is 1.96. The van der Waals surface area contributed by atoms with Gasteiger partial charge in [0.15, 0.2) is 0 Å². The maximum Gasteiger partial charge on any atom is 0.0447 e. The van der Waals surface area contributed by atoms with Gasteiger partial charge in [-0.3, -0.25) is 0 Å². The molecule has 5 heteroatoms. The Labute approximate surface area is 126 Å². The Kier molecular flexibility index (Phi) is 5.82. The van der Waals surface area contributed by atoms with Gasteiger partial charge in [-0.15, -0.1) is 35.3 Å². The number of thioether (sulfide) groups is 3. The fraction of sp³-hybridized carbons (Fsp3) is 0.143. The second kappa shape index (κ2) is 7.62. The summed E-state index contributed by atoms with van der Waals surface area (Å²) in [5, 5.41) is 2.10. The van der Waals surface area contributed by atoms with Crippen molar-refractivity contribution in [3.63, 3.8) is 0 Å². The second-order valence-electron chi connectivity index (χ2n) is 3.87. The van der Waals surface area contributed by atoms with Crippen LogP contribution in [0.4, 0.5) is 11.4 Å². The topological polar surface area (TPSA) is 52.0 Å². The maximum atomic E-state index is 5.65. The van der Waals surface area contributed by atoms with Crippen LogP contribution in [0.5, 0.6) is 0 Å². The largest absolute Gasteiger partial charge is 0.399 e. The molecule has 0 spiro atoms. The van der Waals surface area contributed by atoms with Crippen LogP contribution in [0.3, 0.4) is 0 Å². The first-order chi connectivity index (χ1) is 9.24. The summed E-state index contributed by atoms with van der Waals surface area (Å²) in [6, 6.07) is 16.0. The highest BCUT2D eigenvalue weighted by Crippen LogP contribution is 2.28. The molecule has 0 aromatic heterocycles. The van der Waals surface area contributed by atoms with Gasteiger partial charge in [-0.25, -0.2) is 0 Å². The van der Waals surface area contributed by atoms with Gasteiger partial charge in [-0.05, 0) is 48.5 Å². The maximum absolute atomic E-state index is 5.65. The van der Waals surface area contributed by atoms with E-state index >= 15 is 0 Å². The third kappa shape index (κ3) is 5.30. The van der Waals surface area contributed by atoms with Crippen LogP contribution in [0, 0.1) is 0 Å². The molecule has 0 atom stereocenters. The molecule has 100 valence electrons. The van der Waals surface area contributed by atoms with E-state index < -0.39 is 0 Å².